The second kappa shape index (κ2) is 3.41. The second-order valence-electron chi connectivity index (χ2n) is 2.07. The van der Waals surface area contributed by atoms with Gasteiger partial charge in [0.1, 0.15) is 4.60 Å². The number of nitrogens with zero attached hydrogens (tertiary/aromatic N) is 1. The van der Waals surface area contributed by atoms with Gasteiger partial charge >= 0.3 is 6.36 Å². The van der Waals surface area contributed by atoms with Gasteiger partial charge in [0.25, 0.3) is 0 Å². The summed E-state index contributed by atoms with van der Waals surface area (Å²) in [6, 6.07) is 2.39. The summed E-state index contributed by atoms with van der Waals surface area (Å²) in [7, 11) is 0. The highest BCUT2D eigenvalue weighted by Gasteiger charge is 2.32. The topological polar surface area (TPSA) is 48.1 Å². The van der Waals surface area contributed by atoms with Gasteiger partial charge in [0.2, 0.25) is 0 Å². The molecule has 0 aliphatic carbocycles. The minimum Gasteiger partial charge on any atom is -0.402 e. The molecule has 0 unspecified atom stereocenters. The molecule has 0 bridgehead atoms. The summed E-state index contributed by atoms with van der Waals surface area (Å²) in [5, 5.41) is 0. The van der Waals surface area contributed by atoms with E-state index in [0.717, 1.165) is 6.07 Å². The zero-order valence-corrected chi connectivity index (χ0v) is 7.69. The van der Waals surface area contributed by atoms with Gasteiger partial charge in [-0.3, -0.25) is 0 Å². The lowest BCUT2D eigenvalue weighted by Crippen LogP contribution is -2.18. The molecule has 0 radical (unpaired) electrons. The average Bonchev–Trinajstić information content (AvgIpc) is 1.93. The fourth-order valence-electron chi connectivity index (χ4n) is 0.648. The summed E-state index contributed by atoms with van der Waals surface area (Å²) in [6.07, 6.45) is -4.75. The fraction of sp³-hybridized carbons (Fsp3) is 0.167. The molecule has 1 aromatic heterocycles. The number of rotatable bonds is 1. The molecule has 0 aliphatic heterocycles. The van der Waals surface area contributed by atoms with E-state index in [0.29, 0.717) is 4.60 Å². The van der Waals surface area contributed by atoms with Crippen molar-refractivity contribution in [3.8, 4) is 5.75 Å². The number of ether oxygens (including phenoxy) is 1. The number of aromatic nitrogens is 1. The Kier molecular flexibility index (Phi) is 2.65. The van der Waals surface area contributed by atoms with Gasteiger partial charge in [-0.05, 0) is 28.1 Å². The molecule has 1 heterocycles. The van der Waals surface area contributed by atoms with E-state index in [1.54, 1.807) is 0 Å². The summed E-state index contributed by atoms with van der Waals surface area (Å²) in [5.41, 5.74) is 5.16. The molecule has 0 saturated carbocycles. The highest BCUT2D eigenvalue weighted by molar-refractivity contribution is 9.10. The normalized spacial score (nSPS) is 11.4. The third-order valence-electron chi connectivity index (χ3n) is 1.08. The van der Waals surface area contributed by atoms with Gasteiger partial charge < -0.3 is 10.5 Å². The monoisotopic (exact) mass is 256 g/mol. The first-order chi connectivity index (χ1) is 5.88. The van der Waals surface area contributed by atoms with Crippen LogP contribution in [0.3, 0.4) is 0 Å². The van der Waals surface area contributed by atoms with Gasteiger partial charge in [0.05, 0.1) is 0 Å². The van der Waals surface area contributed by atoms with Crippen molar-refractivity contribution in [1.82, 2.24) is 4.98 Å². The number of nitrogen functional groups attached to an aromatic ring is 1. The largest absolute Gasteiger partial charge is 0.573 e. The maximum Gasteiger partial charge on any atom is 0.573 e. The molecular weight excluding hydrogens is 253 g/mol. The van der Waals surface area contributed by atoms with Crippen LogP contribution in [0.1, 0.15) is 0 Å². The minimum absolute atomic E-state index is 0.313. The molecule has 0 fully saturated rings. The van der Waals surface area contributed by atoms with Gasteiger partial charge in [-0.15, -0.1) is 13.2 Å². The lowest BCUT2D eigenvalue weighted by atomic mass is 10.4. The first-order valence-corrected chi connectivity index (χ1v) is 3.85. The standard InChI is InChI=1S/C6H4BrF3N2O/c7-4-2-1-3(5(11)12-4)13-6(8,9)10/h1-2H,(H2,11,12). The molecule has 0 aliphatic rings. The van der Waals surface area contributed by atoms with Crippen molar-refractivity contribution in [3.63, 3.8) is 0 Å². The molecule has 0 atom stereocenters. The van der Waals surface area contributed by atoms with E-state index >= 15 is 0 Å². The predicted molar refractivity (Wildman–Crippen MR) is 43.0 cm³/mol. The zero-order chi connectivity index (χ0) is 10.1. The Morgan fingerprint density at radius 2 is 2.00 bits per heavy atom. The van der Waals surface area contributed by atoms with Crippen LogP contribution in [-0.4, -0.2) is 11.3 Å². The first kappa shape index (κ1) is 10.1. The Hall–Kier alpha value is -0.980. The van der Waals surface area contributed by atoms with E-state index < -0.39 is 12.1 Å². The van der Waals surface area contributed by atoms with E-state index in [9.17, 15) is 13.2 Å². The molecule has 7 heteroatoms. The van der Waals surface area contributed by atoms with Gasteiger partial charge in [-0.1, -0.05) is 0 Å². The lowest BCUT2D eigenvalue weighted by Gasteiger charge is -2.09. The van der Waals surface area contributed by atoms with E-state index in [2.05, 4.69) is 25.7 Å². The van der Waals surface area contributed by atoms with E-state index in [-0.39, 0.29) is 5.82 Å². The molecule has 3 nitrogen and oxygen atoms in total. The van der Waals surface area contributed by atoms with Crippen LogP contribution in [0.25, 0.3) is 0 Å². The SMILES string of the molecule is Nc1nc(Br)ccc1OC(F)(F)F. The van der Waals surface area contributed by atoms with Crippen LogP contribution in [-0.2, 0) is 0 Å². The summed E-state index contributed by atoms with van der Waals surface area (Å²) in [5.74, 6) is -0.817. The third kappa shape index (κ3) is 3.10. The number of halogens is 4. The van der Waals surface area contributed by atoms with Crippen molar-refractivity contribution in [3.05, 3.63) is 16.7 Å². The fourth-order valence-corrected chi connectivity index (χ4v) is 0.971. The van der Waals surface area contributed by atoms with E-state index in [4.69, 9.17) is 5.73 Å². The average molecular weight is 257 g/mol. The van der Waals surface area contributed by atoms with Gasteiger partial charge in [-0.25, -0.2) is 4.98 Å². The van der Waals surface area contributed by atoms with Crippen LogP contribution in [0.15, 0.2) is 16.7 Å². The van der Waals surface area contributed by atoms with Crippen molar-refractivity contribution < 1.29 is 17.9 Å². The summed E-state index contributed by atoms with van der Waals surface area (Å²) < 4.78 is 39.0. The molecular formula is C6H4BrF3N2O. The molecule has 13 heavy (non-hydrogen) atoms. The van der Waals surface area contributed by atoms with Crippen molar-refractivity contribution in [2.45, 2.75) is 6.36 Å². The van der Waals surface area contributed by atoms with E-state index in [1.807, 2.05) is 0 Å². The third-order valence-corrected chi connectivity index (χ3v) is 1.52. The number of alkyl halides is 3. The Labute approximate surface area is 79.8 Å². The van der Waals surface area contributed by atoms with Crippen molar-refractivity contribution in [2.75, 3.05) is 5.73 Å². The number of hydrogen-bond acceptors (Lipinski definition) is 3. The Bertz CT molecular complexity index is 315. The molecule has 0 aromatic carbocycles. The minimum atomic E-state index is -4.75. The molecule has 1 rings (SSSR count). The predicted octanol–water partition coefficient (Wildman–Crippen LogP) is 2.32. The molecule has 1 aromatic rings. The van der Waals surface area contributed by atoms with Crippen molar-refractivity contribution in [1.29, 1.82) is 0 Å². The van der Waals surface area contributed by atoms with Crippen LogP contribution in [0.5, 0.6) is 5.75 Å². The summed E-state index contributed by atoms with van der Waals surface area (Å²) >= 11 is 2.95. The lowest BCUT2D eigenvalue weighted by molar-refractivity contribution is -0.274. The molecule has 2 N–H and O–H groups in total. The van der Waals surface area contributed by atoms with Crippen LogP contribution >= 0.6 is 15.9 Å². The van der Waals surface area contributed by atoms with Crippen LogP contribution in [0.4, 0.5) is 19.0 Å². The van der Waals surface area contributed by atoms with Gasteiger partial charge in [-0.2, -0.15) is 0 Å². The maximum atomic E-state index is 11.7. The Morgan fingerprint density at radius 3 is 2.46 bits per heavy atom. The maximum absolute atomic E-state index is 11.7. The van der Waals surface area contributed by atoms with Crippen LogP contribution in [0.2, 0.25) is 0 Å². The van der Waals surface area contributed by atoms with Crippen LogP contribution in [0, 0.1) is 0 Å². The quantitative estimate of drug-likeness (QED) is 0.785. The molecule has 0 amide bonds. The Morgan fingerprint density at radius 1 is 1.38 bits per heavy atom. The number of nitrogens with two attached hydrogens (primary N) is 1. The van der Waals surface area contributed by atoms with Crippen LogP contribution < -0.4 is 10.5 Å². The van der Waals surface area contributed by atoms with Crippen molar-refractivity contribution in [2.24, 2.45) is 0 Å². The number of pyridine rings is 1. The second-order valence-corrected chi connectivity index (χ2v) is 2.88. The Balaban J connectivity index is 2.90. The summed E-state index contributed by atoms with van der Waals surface area (Å²) in [6.45, 7) is 0. The summed E-state index contributed by atoms with van der Waals surface area (Å²) in [4.78, 5) is 3.53. The van der Waals surface area contributed by atoms with Gasteiger partial charge in [0.15, 0.2) is 11.6 Å². The smallest absolute Gasteiger partial charge is 0.402 e. The number of hydrogen-bond donors (Lipinski definition) is 1. The highest BCUT2D eigenvalue weighted by Crippen LogP contribution is 2.27. The number of anilines is 1. The van der Waals surface area contributed by atoms with E-state index in [1.165, 1.54) is 6.07 Å². The highest BCUT2D eigenvalue weighted by atomic mass is 79.9. The first-order valence-electron chi connectivity index (χ1n) is 3.06. The van der Waals surface area contributed by atoms with Gasteiger partial charge in [0, 0.05) is 0 Å². The molecule has 0 saturated heterocycles. The van der Waals surface area contributed by atoms with Crippen molar-refractivity contribution >= 4 is 21.7 Å². The zero-order valence-electron chi connectivity index (χ0n) is 6.10. The molecule has 0 spiro atoms. The molecule has 72 valence electrons.